The van der Waals surface area contributed by atoms with Crippen molar-refractivity contribution in [3.8, 4) is 5.75 Å². The number of urea groups is 1. The van der Waals surface area contributed by atoms with E-state index in [0.717, 1.165) is 42.7 Å². The monoisotopic (exact) mass is 480 g/mol. The molecule has 2 amide bonds. The number of nitrogens with one attached hydrogen (secondary N) is 2. The van der Waals surface area contributed by atoms with Gasteiger partial charge in [0.15, 0.2) is 0 Å². The summed E-state index contributed by atoms with van der Waals surface area (Å²) in [7, 11) is 1.69. The van der Waals surface area contributed by atoms with Crippen molar-refractivity contribution < 1.29 is 9.53 Å². The Kier molecular flexibility index (Phi) is 9.78. The molecule has 2 aromatic rings. The lowest BCUT2D eigenvalue weighted by Gasteiger charge is -2.24. The third-order valence-electron chi connectivity index (χ3n) is 6.40. The number of pyridine rings is 1. The predicted molar refractivity (Wildman–Crippen MR) is 140 cm³/mol. The highest BCUT2D eigenvalue weighted by Crippen LogP contribution is 2.26. The molecule has 35 heavy (non-hydrogen) atoms. The molecule has 0 radical (unpaired) electrons. The molecule has 3 rings (SSSR count). The molecular weight excluding hydrogens is 440 g/mol. The van der Waals surface area contributed by atoms with Gasteiger partial charge >= 0.3 is 6.03 Å². The Labute approximate surface area is 209 Å². The molecule has 8 heteroatoms. The molecule has 0 saturated heterocycles. The Hall–Kier alpha value is -3.26. The molecule has 1 fully saturated rings. The second-order valence-corrected chi connectivity index (χ2v) is 9.21. The molecule has 1 aromatic carbocycles. The number of hydrogen-bond donors (Lipinski definition) is 4. The number of rotatable bonds is 10. The number of aromatic nitrogens is 1. The fourth-order valence-electron chi connectivity index (χ4n) is 4.41. The smallest absolute Gasteiger partial charge is 0.315 e. The maximum atomic E-state index is 12.7. The van der Waals surface area contributed by atoms with Crippen LogP contribution in [0.5, 0.6) is 5.75 Å². The van der Waals surface area contributed by atoms with E-state index < -0.39 is 0 Å². The quantitative estimate of drug-likeness (QED) is 0.296. The van der Waals surface area contributed by atoms with E-state index in [1.165, 1.54) is 24.3 Å². The van der Waals surface area contributed by atoms with Crippen molar-refractivity contribution >= 4 is 11.7 Å². The van der Waals surface area contributed by atoms with Gasteiger partial charge in [0.2, 0.25) is 0 Å². The number of hydrogen-bond acceptors (Lipinski definition) is 6. The lowest BCUT2D eigenvalue weighted by atomic mass is 9.98. The van der Waals surface area contributed by atoms with E-state index >= 15 is 0 Å². The summed E-state index contributed by atoms with van der Waals surface area (Å²) in [6.07, 6.45) is 7.93. The molecule has 1 aliphatic rings. The number of nitrogens with two attached hydrogens (primary N) is 2. The van der Waals surface area contributed by atoms with Crippen LogP contribution in [0, 0.1) is 6.92 Å². The zero-order chi connectivity index (χ0) is 25.2. The number of ether oxygens (including phenoxy) is 1. The van der Waals surface area contributed by atoms with Crippen molar-refractivity contribution in [2.24, 2.45) is 11.6 Å². The van der Waals surface area contributed by atoms with E-state index in [-0.39, 0.29) is 24.7 Å². The molecule has 1 heterocycles. The zero-order valence-electron chi connectivity index (χ0n) is 21.2. The Morgan fingerprint density at radius 2 is 1.89 bits per heavy atom. The van der Waals surface area contributed by atoms with Gasteiger partial charge in [-0.25, -0.2) is 15.6 Å². The Morgan fingerprint density at radius 3 is 2.51 bits per heavy atom. The maximum Gasteiger partial charge on any atom is 0.315 e. The Balaban J connectivity index is 1.67. The van der Waals surface area contributed by atoms with E-state index in [1.807, 2.05) is 49.4 Å². The second-order valence-electron chi connectivity index (χ2n) is 9.21. The van der Waals surface area contributed by atoms with Gasteiger partial charge in [-0.2, -0.15) is 0 Å². The van der Waals surface area contributed by atoms with Gasteiger partial charge in [0.25, 0.3) is 0 Å². The molecule has 1 unspecified atom stereocenters. The fourth-order valence-corrected chi connectivity index (χ4v) is 4.41. The average molecular weight is 481 g/mol. The summed E-state index contributed by atoms with van der Waals surface area (Å²) >= 11 is 0. The fraction of sp³-hybridized carbons (Fsp3) is 0.481. The number of aryl methyl sites for hydroxylation is 1. The van der Waals surface area contributed by atoms with Crippen molar-refractivity contribution in [3.05, 3.63) is 65.1 Å². The summed E-state index contributed by atoms with van der Waals surface area (Å²) in [4.78, 5) is 17.4. The summed E-state index contributed by atoms with van der Waals surface area (Å²) in [6, 6.07) is 13.4. The lowest BCUT2D eigenvalue weighted by Crippen LogP contribution is -2.42. The number of carbonyl (C=O) groups is 1. The molecule has 1 saturated carbocycles. The lowest BCUT2D eigenvalue weighted by molar-refractivity contribution is 0.153. The van der Waals surface area contributed by atoms with Crippen LogP contribution in [-0.2, 0) is 0 Å². The highest BCUT2D eigenvalue weighted by Gasteiger charge is 2.18. The minimum atomic E-state index is -0.278. The van der Waals surface area contributed by atoms with Gasteiger partial charge < -0.3 is 26.1 Å². The summed E-state index contributed by atoms with van der Waals surface area (Å²) in [6.45, 7) is 4.18. The predicted octanol–water partition coefficient (Wildman–Crippen LogP) is 4.37. The maximum absolute atomic E-state index is 12.7. The van der Waals surface area contributed by atoms with Crippen LogP contribution >= 0.6 is 0 Å². The summed E-state index contributed by atoms with van der Waals surface area (Å²) in [5.41, 5.74) is 9.89. The minimum absolute atomic E-state index is 0.0670. The van der Waals surface area contributed by atoms with Crippen LogP contribution in [0.25, 0.3) is 5.70 Å². The molecule has 0 bridgehead atoms. The van der Waals surface area contributed by atoms with Crippen molar-refractivity contribution in [1.29, 1.82) is 0 Å². The molecule has 0 aliphatic heterocycles. The first-order valence-electron chi connectivity index (χ1n) is 12.6. The zero-order valence-corrected chi connectivity index (χ0v) is 21.2. The van der Waals surface area contributed by atoms with E-state index in [4.69, 9.17) is 16.3 Å². The van der Waals surface area contributed by atoms with E-state index in [9.17, 15) is 4.79 Å². The van der Waals surface area contributed by atoms with Gasteiger partial charge in [-0.05, 0) is 56.7 Å². The largest absolute Gasteiger partial charge is 0.489 e. The highest BCUT2D eigenvalue weighted by molar-refractivity contribution is 5.75. The molecular formula is C27H40N6O2. The minimum Gasteiger partial charge on any atom is -0.489 e. The third-order valence-corrected chi connectivity index (χ3v) is 6.40. The first-order valence-corrected chi connectivity index (χ1v) is 12.6. The number of amides is 2. The molecule has 1 aliphatic carbocycles. The van der Waals surface area contributed by atoms with Gasteiger partial charge in [-0.1, -0.05) is 50.1 Å². The summed E-state index contributed by atoms with van der Waals surface area (Å²) < 4.78 is 6.18. The van der Waals surface area contributed by atoms with Gasteiger partial charge in [-0.3, -0.25) is 0 Å². The van der Waals surface area contributed by atoms with Gasteiger partial charge in [0.05, 0.1) is 41.5 Å². The standard InChI is InChI=1S/C27H40N6O2/c1-4-11-22(20-12-7-5-8-13-20)32-27(34)30-18-24(33(3)29)26(28)23-16-17-25(19(2)31-23)35-21-14-9-6-10-15-21/h5,7-8,12-13,16-17,21-22H,4,6,9-11,14-15,18,28-29H2,1-3H3,(H2,30,32,34)/b26-24-. The topological polar surface area (TPSA) is 119 Å². The van der Waals surface area contributed by atoms with Crippen LogP contribution in [-0.4, -0.2) is 35.7 Å². The average Bonchev–Trinajstić information content (AvgIpc) is 2.86. The summed E-state index contributed by atoms with van der Waals surface area (Å²) in [5.74, 6) is 6.85. The normalized spacial score (nSPS) is 15.7. The number of carbonyl (C=O) groups excluding carboxylic acids is 1. The molecule has 8 nitrogen and oxygen atoms in total. The highest BCUT2D eigenvalue weighted by atomic mass is 16.5. The van der Waals surface area contributed by atoms with E-state index in [1.54, 1.807) is 7.05 Å². The molecule has 190 valence electrons. The van der Waals surface area contributed by atoms with Gasteiger partial charge in [0, 0.05) is 7.05 Å². The first kappa shape index (κ1) is 26.3. The van der Waals surface area contributed by atoms with Crippen molar-refractivity contribution in [2.45, 2.75) is 70.9 Å². The first-order chi connectivity index (χ1) is 16.9. The second kappa shape index (κ2) is 13.0. The number of nitrogens with zero attached hydrogens (tertiary/aromatic N) is 2. The molecule has 6 N–H and O–H groups in total. The van der Waals surface area contributed by atoms with Crippen LogP contribution < -0.4 is 26.9 Å². The van der Waals surface area contributed by atoms with Crippen molar-refractivity contribution in [2.75, 3.05) is 13.6 Å². The van der Waals surface area contributed by atoms with Gasteiger partial charge in [-0.15, -0.1) is 0 Å². The van der Waals surface area contributed by atoms with E-state index in [0.29, 0.717) is 17.1 Å². The molecule has 0 spiro atoms. The molecule has 1 aromatic heterocycles. The van der Waals surface area contributed by atoms with Crippen molar-refractivity contribution in [3.63, 3.8) is 0 Å². The van der Waals surface area contributed by atoms with Crippen molar-refractivity contribution in [1.82, 2.24) is 20.6 Å². The van der Waals surface area contributed by atoms with Crippen LogP contribution in [0.4, 0.5) is 4.79 Å². The SMILES string of the molecule is CCCC(NC(=O)NC/C(=C(/N)c1ccc(OC2CCCCC2)c(C)n1)N(C)N)c1ccccc1. The Morgan fingerprint density at radius 1 is 1.17 bits per heavy atom. The molecule has 1 atom stereocenters. The van der Waals surface area contributed by atoms with Crippen LogP contribution in [0.1, 0.15) is 74.9 Å². The summed E-state index contributed by atoms with van der Waals surface area (Å²) in [5, 5.41) is 7.37. The van der Waals surface area contributed by atoms with Crippen LogP contribution in [0.15, 0.2) is 48.2 Å². The Bertz CT molecular complexity index is 986. The number of benzene rings is 1. The van der Waals surface area contributed by atoms with E-state index in [2.05, 4.69) is 22.5 Å². The number of likely N-dealkylation sites (N-methyl/N-ethyl adjacent to an activating group) is 1. The van der Waals surface area contributed by atoms with Crippen LogP contribution in [0.3, 0.4) is 0 Å². The third kappa shape index (κ3) is 7.62. The van der Waals surface area contributed by atoms with Gasteiger partial charge in [0.1, 0.15) is 5.75 Å². The number of hydrazine groups is 1. The van der Waals surface area contributed by atoms with Crippen LogP contribution in [0.2, 0.25) is 0 Å².